The zero-order chi connectivity index (χ0) is 14.2. The number of benzene rings is 1. The molecule has 2 N–H and O–H groups in total. The molecule has 0 unspecified atom stereocenters. The van der Waals surface area contributed by atoms with E-state index in [2.05, 4.69) is 17.4 Å². The van der Waals surface area contributed by atoms with Gasteiger partial charge in [0.1, 0.15) is 0 Å². The van der Waals surface area contributed by atoms with Crippen LogP contribution < -0.4 is 5.32 Å². The Kier molecular flexibility index (Phi) is 5.90. The second kappa shape index (κ2) is 7.93. The number of carboxylic acid groups (broad SMARTS) is 1. The predicted molar refractivity (Wildman–Crippen MR) is 82.1 cm³/mol. The third kappa shape index (κ3) is 5.24. The van der Waals surface area contributed by atoms with Crippen LogP contribution in [0.1, 0.15) is 50.5 Å². The van der Waals surface area contributed by atoms with Gasteiger partial charge < -0.3 is 10.4 Å². The molecule has 0 spiro atoms. The summed E-state index contributed by atoms with van der Waals surface area (Å²) in [4.78, 5) is 10.5. The third-order valence-electron chi connectivity index (χ3n) is 4.19. The maximum Gasteiger partial charge on any atom is 0.303 e. The minimum Gasteiger partial charge on any atom is -0.481 e. The molecular weight excluding hydrogens is 250 g/mol. The zero-order valence-corrected chi connectivity index (χ0v) is 12.1. The fourth-order valence-corrected chi connectivity index (χ4v) is 2.94. The number of aliphatic carboxylic acids is 1. The Balaban J connectivity index is 1.69. The number of hydrogen-bond acceptors (Lipinski definition) is 2. The Bertz CT molecular complexity index is 408. The standard InChI is InChI=1S/C17H25NO2/c19-17(20)11-8-15-6-9-16(10-7-15)18-13-12-14-4-2-1-3-5-14/h6-7,9-10,14,18H,1-5,8,11-13H2,(H,19,20). The molecule has 0 radical (unpaired) electrons. The quantitative estimate of drug-likeness (QED) is 0.788. The molecule has 110 valence electrons. The van der Waals surface area contributed by atoms with Crippen molar-refractivity contribution in [3.63, 3.8) is 0 Å². The number of nitrogens with one attached hydrogen (secondary N) is 1. The fourth-order valence-electron chi connectivity index (χ4n) is 2.94. The summed E-state index contributed by atoms with van der Waals surface area (Å²) in [6.45, 7) is 1.04. The largest absolute Gasteiger partial charge is 0.481 e. The van der Waals surface area contributed by atoms with Crippen LogP contribution in [0.2, 0.25) is 0 Å². The maximum absolute atomic E-state index is 10.5. The van der Waals surface area contributed by atoms with Crippen LogP contribution in [0.4, 0.5) is 5.69 Å². The molecule has 0 heterocycles. The Hall–Kier alpha value is -1.51. The molecule has 0 saturated heterocycles. The van der Waals surface area contributed by atoms with Crippen LogP contribution in [-0.4, -0.2) is 17.6 Å². The SMILES string of the molecule is O=C(O)CCc1ccc(NCCC2CCCCC2)cc1. The van der Waals surface area contributed by atoms with Crippen molar-refractivity contribution in [3.8, 4) is 0 Å². The van der Waals surface area contributed by atoms with Gasteiger partial charge in [-0.1, -0.05) is 44.2 Å². The number of hydrogen-bond donors (Lipinski definition) is 2. The predicted octanol–water partition coefficient (Wildman–Crippen LogP) is 4.09. The maximum atomic E-state index is 10.5. The van der Waals surface area contributed by atoms with Crippen molar-refractivity contribution in [1.29, 1.82) is 0 Å². The van der Waals surface area contributed by atoms with Crippen molar-refractivity contribution in [2.24, 2.45) is 5.92 Å². The molecule has 0 aromatic heterocycles. The van der Waals surface area contributed by atoms with Gasteiger partial charge in [0.15, 0.2) is 0 Å². The summed E-state index contributed by atoms with van der Waals surface area (Å²) in [5.74, 6) is 0.172. The van der Waals surface area contributed by atoms with E-state index in [9.17, 15) is 4.79 Å². The molecule has 1 fully saturated rings. The van der Waals surface area contributed by atoms with Crippen LogP contribution in [0.3, 0.4) is 0 Å². The summed E-state index contributed by atoms with van der Waals surface area (Å²) in [6.07, 6.45) is 9.10. The highest BCUT2D eigenvalue weighted by atomic mass is 16.4. The van der Waals surface area contributed by atoms with E-state index < -0.39 is 5.97 Å². The summed E-state index contributed by atoms with van der Waals surface area (Å²) in [7, 11) is 0. The van der Waals surface area contributed by atoms with E-state index in [0.717, 1.165) is 23.7 Å². The minimum atomic E-state index is -0.736. The van der Waals surface area contributed by atoms with Gasteiger partial charge in [0.05, 0.1) is 0 Å². The summed E-state index contributed by atoms with van der Waals surface area (Å²) in [5, 5.41) is 12.1. The smallest absolute Gasteiger partial charge is 0.303 e. The van der Waals surface area contributed by atoms with Gasteiger partial charge in [-0.3, -0.25) is 4.79 Å². The molecule has 0 amide bonds. The Labute approximate surface area is 121 Å². The van der Waals surface area contributed by atoms with Crippen LogP contribution >= 0.6 is 0 Å². The summed E-state index contributed by atoms with van der Waals surface area (Å²) < 4.78 is 0. The molecule has 0 aliphatic heterocycles. The van der Waals surface area contributed by atoms with Crippen LogP contribution in [0.5, 0.6) is 0 Å². The Morgan fingerprint density at radius 2 is 1.85 bits per heavy atom. The highest BCUT2D eigenvalue weighted by molar-refractivity contribution is 5.67. The van der Waals surface area contributed by atoms with E-state index in [4.69, 9.17) is 5.11 Å². The normalized spacial score (nSPS) is 16.0. The van der Waals surface area contributed by atoms with Gasteiger partial charge in [0, 0.05) is 18.7 Å². The monoisotopic (exact) mass is 275 g/mol. The Morgan fingerprint density at radius 3 is 2.50 bits per heavy atom. The van der Waals surface area contributed by atoms with E-state index >= 15 is 0 Å². The van der Waals surface area contributed by atoms with Crippen LogP contribution in [0, 0.1) is 5.92 Å². The lowest BCUT2D eigenvalue weighted by atomic mass is 9.87. The molecule has 20 heavy (non-hydrogen) atoms. The topological polar surface area (TPSA) is 49.3 Å². The molecule has 0 atom stereocenters. The molecule has 3 nitrogen and oxygen atoms in total. The molecule has 1 aromatic carbocycles. The molecule has 3 heteroatoms. The number of rotatable bonds is 7. The minimum absolute atomic E-state index is 0.203. The molecular formula is C17H25NO2. The van der Waals surface area contributed by atoms with Crippen molar-refractivity contribution >= 4 is 11.7 Å². The van der Waals surface area contributed by atoms with E-state index in [-0.39, 0.29) is 6.42 Å². The van der Waals surface area contributed by atoms with Gasteiger partial charge >= 0.3 is 5.97 Å². The first kappa shape index (κ1) is 14.9. The highest BCUT2D eigenvalue weighted by Crippen LogP contribution is 2.26. The summed E-state index contributed by atoms with van der Waals surface area (Å²) in [5.41, 5.74) is 2.23. The first-order chi connectivity index (χ1) is 9.74. The van der Waals surface area contributed by atoms with Gasteiger partial charge in [-0.05, 0) is 36.5 Å². The van der Waals surface area contributed by atoms with Crippen molar-refractivity contribution < 1.29 is 9.90 Å². The molecule has 1 aliphatic carbocycles. The zero-order valence-electron chi connectivity index (χ0n) is 12.1. The van der Waals surface area contributed by atoms with E-state index in [1.165, 1.54) is 38.5 Å². The van der Waals surface area contributed by atoms with Crippen LogP contribution in [-0.2, 0) is 11.2 Å². The third-order valence-corrected chi connectivity index (χ3v) is 4.19. The van der Waals surface area contributed by atoms with Gasteiger partial charge in [-0.25, -0.2) is 0 Å². The lowest BCUT2D eigenvalue weighted by molar-refractivity contribution is -0.136. The summed E-state index contributed by atoms with van der Waals surface area (Å²) in [6, 6.07) is 8.15. The number of carboxylic acids is 1. The molecule has 1 aromatic rings. The van der Waals surface area contributed by atoms with Crippen molar-refractivity contribution in [2.75, 3.05) is 11.9 Å². The second-order valence-electron chi connectivity index (χ2n) is 5.81. The fraction of sp³-hybridized carbons (Fsp3) is 0.588. The van der Waals surface area contributed by atoms with Gasteiger partial charge in [0.25, 0.3) is 0 Å². The van der Waals surface area contributed by atoms with Gasteiger partial charge in [-0.2, -0.15) is 0 Å². The van der Waals surface area contributed by atoms with Crippen LogP contribution in [0.25, 0.3) is 0 Å². The van der Waals surface area contributed by atoms with Gasteiger partial charge in [-0.15, -0.1) is 0 Å². The first-order valence-electron chi connectivity index (χ1n) is 7.78. The second-order valence-corrected chi connectivity index (χ2v) is 5.81. The highest BCUT2D eigenvalue weighted by Gasteiger charge is 2.12. The van der Waals surface area contributed by atoms with Crippen molar-refractivity contribution in [2.45, 2.75) is 51.4 Å². The Morgan fingerprint density at radius 1 is 1.15 bits per heavy atom. The molecule has 1 aliphatic rings. The molecule has 1 saturated carbocycles. The average molecular weight is 275 g/mol. The lowest BCUT2D eigenvalue weighted by Crippen LogP contribution is -2.12. The first-order valence-corrected chi connectivity index (χ1v) is 7.78. The van der Waals surface area contributed by atoms with E-state index in [0.29, 0.717) is 6.42 Å². The number of aryl methyl sites for hydroxylation is 1. The molecule has 0 bridgehead atoms. The van der Waals surface area contributed by atoms with Crippen LogP contribution in [0.15, 0.2) is 24.3 Å². The number of carbonyl (C=O) groups is 1. The summed E-state index contributed by atoms with van der Waals surface area (Å²) >= 11 is 0. The molecule has 2 rings (SSSR count). The van der Waals surface area contributed by atoms with E-state index in [1.54, 1.807) is 0 Å². The van der Waals surface area contributed by atoms with E-state index in [1.807, 2.05) is 12.1 Å². The average Bonchev–Trinajstić information content (AvgIpc) is 2.47. The number of anilines is 1. The van der Waals surface area contributed by atoms with Gasteiger partial charge in [0.2, 0.25) is 0 Å². The van der Waals surface area contributed by atoms with Crippen molar-refractivity contribution in [3.05, 3.63) is 29.8 Å². The lowest BCUT2D eigenvalue weighted by Gasteiger charge is -2.21. The van der Waals surface area contributed by atoms with Crippen molar-refractivity contribution in [1.82, 2.24) is 0 Å².